The van der Waals surface area contributed by atoms with Crippen molar-refractivity contribution in [1.82, 2.24) is 0 Å². The van der Waals surface area contributed by atoms with Crippen molar-refractivity contribution in [3.8, 4) is 0 Å². The molecule has 0 aromatic heterocycles. The first kappa shape index (κ1) is 21.9. The Morgan fingerprint density at radius 1 is 1.00 bits per heavy atom. The molecule has 0 amide bonds. The second-order valence-electron chi connectivity index (χ2n) is 5.90. The number of hydrogen-bond donors (Lipinski definition) is 0. The van der Waals surface area contributed by atoms with Crippen molar-refractivity contribution >= 4 is 5.97 Å². The summed E-state index contributed by atoms with van der Waals surface area (Å²) in [7, 11) is 0. The van der Waals surface area contributed by atoms with E-state index in [1.165, 1.54) is 5.57 Å². The molecule has 0 saturated heterocycles. The van der Waals surface area contributed by atoms with E-state index in [9.17, 15) is 4.79 Å². The van der Waals surface area contributed by atoms with Crippen LogP contribution in [0.3, 0.4) is 0 Å². The van der Waals surface area contributed by atoms with Gasteiger partial charge in [-0.2, -0.15) is 0 Å². The van der Waals surface area contributed by atoms with E-state index in [1.807, 2.05) is 41.5 Å². The normalized spacial score (nSPS) is 13.5. The first-order valence-corrected chi connectivity index (χ1v) is 8.55. The van der Waals surface area contributed by atoms with Gasteiger partial charge in [-0.25, -0.2) is 0 Å². The summed E-state index contributed by atoms with van der Waals surface area (Å²) in [6, 6.07) is 0. The van der Waals surface area contributed by atoms with E-state index in [4.69, 9.17) is 14.2 Å². The molecule has 134 valence electrons. The number of carbonyl (C=O) groups is 1. The number of hydrogen-bond acceptors (Lipinski definition) is 4. The highest BCUT2D eigenvalue weighted by Crippen LogP contribution is 2.30. The first-order chi connectivity index (χ1) is 10.9. The topological polar surface area (TPSA) is 44.8 Å². The van der Waals surface area contributed by atoms with Gasteiger partial charge < -0.3 is 14.2 Å². The average Bonchev–Trinajstić information content (AvgIpc) is 2.46. The molecule has 0 rings (SSSR count). The minimum absolute atomic E-state index is 0.0345. The van der Waals surface area contributed by atoms with E-state index in [0.29, 0.717) is 32.7 Å². The molecule has 0 aliphatic carbocycles. The summed E-state index contributed by atoms with van der Waals surface area (Å²) in [5.74, 6) is -0.469. The monoisotopic (exact) mass is 326 g/mol. The maximum atomic E-state index is 12.4. The molecule has 0 radical (unpaired) electrons. The molecule has 4 nitrogen and oxygen atoms in total. The van der Waals surface area contributed by atoms with Gasteiger partial charge in [-0.1, -0.05) is 23.8 Å². The fourth-order valence-corrected chi connectivity index (χ4v) is 2.51. The molecule has 4 heteroatoms. The molecule has 0 N–H and O–H groups in total. The van der Waals surface area contributed by atoms with E-state index >= 15 is 0 Å². The number of esters is 1. The summed E-state index contributed by atoms with van der Waals surface area (Å²) in [6.45, 7) is 17.3. The smallest absolute Gasteiger partial charge is 0.309 e. The maximum Gasteiger partial charge on any atom is 0.309 e. The van der Waals surface area contributed by atoms with Crippen LogP contribution in [0.4, 0.5) is 0 Å². The molecule has 0 aliphatic heterocycles. The quantitative estimate of drug-likeness (QED) is 0.301. The fourth-order valence-electron chi connectivity index (χ4n) is 2.51. The van der Waals surface area contributed by atoms with Crippen LogP contribution < -0.4 is 0 Å². The first-order valence-electron chi connectivity index (χ1n) is 8.55. The van der Waals surface area contributed by atoms with Gasteiger partial charge in [0.05, 0.1) is 12.5 Å². The lowest BCUT2D eigenvalue weighted by molar-refractivity contribution is -0.158. The third-order valence-corrected chi connectivity index (χ3v) is 3.64. The molecule has 0 bridgehead atoms. The molecule has 2 atom stereocenters. The van der Waals surface area contributed by atoms with Gasteiger partial charge in [0.2, 0.25) is 0 Å². The van der Waals surface area contributed by atoms with Crippen molar-refractivity contribution in [3.63, 3.8) is 0 Å². The summed E-state index contributed by atoms with van der Waals surface area (Å²) in [4.78, 5) is 12.4. The summed E-state index contributed by atoms with van der Waals surface area (Å²) in [5, 5.41) is 0. The molecular weight excluding hydrogens is 292 g/mol. The molecule has 0 spiro atoms. The molecule has 0 saturated carbocycles. The van der Waals surface area contributed by atoms with Crippen LogP contribution in [0.1, 0.15) is 54.4 Å². The van der Waals surface area contributed by atoms with Crippen molar-refractivity contribution < 1.29 is 19.0 Å². The Morgan fingerprint density at radius 2 is 1.57 bits per heavy atom. The van der Waals surface area contributed by atoms with E-state index in [0.717, 1.165) is 5.57 Å². The van der Waals surface area contributed by atoms with Crippen LogP contribution >= 0.6 is 0 Å². The fraction of sp³-hybridized carbons (Fsp3) is 0.737. The van der Waals surface area contributed by atoms with Crippen molar-refractivity contribution in [1.29, 1.82) is 0 Å². The van der Waals surface area contributed by atoms with Gasteiger partial charge in [0, 0.05) is 19.6 Å². The summed E-state index contributed by atoms with van der Waals surface area (Å²) >= 11 is 0. The third-order valence-electron chi connectivity index (χ3n) is 3.64. The summed E-state index contributed by atoms with van der Waals surface area (Å²) in [6.07, 6.45) is 3.00. The van der Waals surface area contributed by atoms with Crippen molar-refractivity contribution in [2.75, 3.05) is 19.8 Å². The third kappa shape index (κ3) is 8.92. The standard InChI is InChI=1S/C19H34O4/c1-8-21-18(22-9-2)13-17(15(6)7)16(12-11-14(4)5)19(20)23-10-3/h11,16-18H,6,8-10,12-13H2,1-5,7H3. The van der Waals surface area contributed by atoms with Gasteiger partial charge in [-0.15, -0.1) is 0 Å². The molecule has 0 aromatic carbocycles. The molecular formula is C19H34O4. The largest absolute Gasteiger partial charge is 0.466 e. The van der Waals surface area contributed by atoms with Crippen LogP contribution in [0.2, 0.25) is 0 Å². The van der Waals surface area contributed by atoms with E-state index < -0.39 is 0 Å². The molecule has 0 heterocycles. The van der Waals surface area contributed by atoms with Gasteiger partial charge in [-0.3, -0.25) is 4.79 Å². The van der Waals surface area contributed by atoms with Crippen LogP contribution in [-0.2, 0) is 19.0 Å². The van der Waals surface area contributed by atoms with Gasteiger partial charge >= 0.3 is 5.97 Å². The number of rotatable bonds is 12. The van der Waals surface area contributed by atoms with Crippen molar-refractivity contribution in [2.24, 2.45) is 11.8 Å². The predicted octanol–water partition coefficient (Wildman–Crippen LogP) is 4.50. The van der Waals surface area contributed by atoms with Crippen LogP contribution in [0.25, 0.3) is 0 Å². The molecule has 0 aromatic rings. The minimum Gasteiger partial charge on any atom is -0.466 e. The van der Waals surface area contributed by atoms with Crippen molar-refractivity contribution in [2.45, 2.75) is 60.7 Å². The van der Waals surface area contributed by atoms with E-state index in [1.54, 1.807) is 0 Å². The van der Waals surface area contributed by atoms with Gasteiger partial charge in [0.1, 0.15) is 0 Å². The van der Waals surface area contributed by atoms with Crippen LogP contribution in [0.15, 0.2) is 23.8 Å². The lowest BCUT2D eigenvalue weighted by Crippen LogP contribution is -2.31. The van der Waals surface area contributed by atoms with Crippen LogP contribution in [-0.4, -0.2) is 32.1 Å². The lowest BCUT2D eigenvalue weighted by atomic mass is 9.82. The molecule has 0 fully saturated rings. The number of ether oxygens (including phenoxy) is 3. The molecule has 2 unspecified atom stereocenters. The zero-order chi connectivity index (χ0) is 17.8. The lowest BCUT2D eigenvalue weighted by Gasteiger charge is -2.29. The second kappa shape index (κ2) is 12.3. The Kier molecular flexibility index (Phi) is 11.7. The van der Waals surface area contributed by atoms with E-state index in [2.05, 4.69) is 12.7 Å². The highest BCUT2D eigenvalue weighted by atomic mass is 16.7. The van der Waals surface area contributed by atoms with Crippen LogP contribution in [0, 0.1) is 11.8 Å². The Hall–Kier alpha value is -1.13. The van der Waals surface area contributed by atoms with Gasteiger partial charge in [0.25, 0.3) is 0 Å². The Morgan fingerprint density at radius 3 is 1.96 bits per heavy atom. The minimum atomic E-state index is -0.324. The second-order valence-corrected chi connectivity index (χ2v) is 5.90. The molecule has 0 aliphatic rings. The zero-order valence-corrected chi connectivity index (χ0v) is 15.7. The van der Waals surface area contributed by atoms with Crippen molar-refractivity contribution in [3.05, 3.63) is 23.8 Å². The number of allylic oxidation sites excluding steroid dienone is 3. The highest BCUT2D eigenvalue weighted by Gasteiger charge is 2.31. The SMILES string of the molecule is C=C(C)C(CC(OCC)OCC)C(CC=C(C)C)C(=O)OCC. The average molecular weight is 326 g/mol. The van der Waals surface area contributed by atoms with Gasteiger partial charge in [-0.05, 0) is 53.9 Å². The summed E-state index contributed by atoms with van der Waals surface area (Å²) < 4.78 is 16.6. The Balaban J connectivity index is 5.28. The highest BCUT2D eigenvalue weighted by molar-refractivity contribution is 5.73. The van der Waals surface area contributed by atoms with Gasteiger partial charge in [0.15, 0.2) is 6.29 Å². The molecule has 23 heavy (non-hydrogen) atoms. The predicted molar refractivity (Wildman–Crippen MR) is 94.1 cm³/mol. The summed E-state index contributed by atoms with van der Waals surface area (Å²) in [5.41, 5.74) is 2.14. The van der Waals surface area contributed by atoms with Crippen LogP contribution in [0.5, 0.6) is 0 Å². The number of carbonyl (C=O) groups excluding carboxylic acids is 1. The zero-order valence-electron chi connectivity index (χ0n) is 15.7. The maximum absolute atomic E-state index is 12.4. The van der Waals surface area contributed by atoms with E-state index in [-0.39, 0.29) is 24.1 Å². The Labute approximate surface area is 141 Å². The Bertz CT molecular complexity index is 377.